The van der Waals surface area contributed by atoms with Crippen molar-refractivity contribution in [2.24, 2.45) is 0 Å². The number of hydrogen-bond acceptors (Lipinski definition) is 4. The molecule has 0 N–H and O–H groups in total. The van der Waals surface area contributed by atoms with Crippen molar-refractivity contribution in [3.05, 3.63) is 70.2 Å². The molecule has 6 heteroatoms. The molecule has 0 fully saturated rings. The van der Waals surface area contributed by atoms with E-state index in [0.717, 1.165) is 0 Å². The van der Waals surface area contributed by atoms with Gasteiger partial charge in [0.2, 0.25) is 0 Å². The number of carbonyl (C=O) groups excluding carboxylic acids is 3. The molecule has 0 aromatic heterocycles. The van der Waals surface area contributed by atoms with Gasteiger partial charge in [0.05, 0.1) is 5.56 Å². The van der Waals surface area contributed by atoms with E-state index in [0.29, 0.717) is 10.6 Å². The molecule has 1 amide bonds. The second-order valence-electron chi connectivity index (χ2n) is 6.95. The summed E-state index contributed by atoms with van der Waals surface area (Å²) >= 11 is 5.86. The summed E-state index contributed by atoms with van der Waals surface area (Å²) in [7, 11) is 0. The van der Waals surface area contributed by atoms with Crippen molar-refractivity contribution < 1.29 is 19.1 Å². The molecule has 148 valence electrons. The minimum atomic E-state index is -0.710. The highest BCUT2D eigenvalue weighted by atomic mass is 35.5. The SMILES string of the molecule is CC(C)N(C(=O)COC(=O)c1ccccc1C(=O)c1ccc(Cl)cc1)C(C)C. The molecule has 0 saturated heterocycles. The minimum Gasteiger partial charge on any atom is -0.452 e. The average Bonchev–Trinajstić information content (AvgIpc) is 2.65. The maximum atomic E-state index is 12.8. The number of nitrogens with zero attached hydrogens (tertiary/aromatic N) is 1. The Labute approximate surface area is 170 Å². The van der Waals surface area contributed by atoms with Gasteiger partial charge in [0, 0.05) is 28.2 Å². The van der Waals surface area contributed by atoms with Crippen LogP contribution in [0.2, 0.25) is 5.02 Å². The number of hydrogen-bond donors (Lipinski definition) is 0. The van der Waals surface area contributed by atoms with Crippen molar-refractivity contribution in [3.8, 4) is 0 Å². The lowest BCUT2D eigenvalue weighted by molar-refractivity contribution is -0.138. The first kappa shape index (κ1) is 21.6. The van der Waals surface area contributed by atoms with Gasteiger partial charge in [0.1, 0.15) is 0 Å². The van der Waals surface area contributed by atoms with Crippen LogP contribution < -0.4 is 0 Å². The fourth-order valence-electron chi connectivity index (χ4n) is 3.07. The number of benzene rings is 2. The highest BCUT2D eigenvalue weighted by Crippen LogP contribution is 2.18. The van der Waals surface area contributed by atoms with Gasteiger partial charge in [-0.1, -0.05) is 29.8 Å². The molecular weight excluding hydrogens is 378 g/mol. The van der Waals surface area contributed by atoms with E-state index < -0.39 is 5.97 Å². The number of ketones is 1. The second-order valence-corrected chi connectivity index (χ2v) is 7.38. The molecule has 5 nitrogen and oxygen atoms in total. The Kier molecular flexibility index (Phi) is 7.35. The molecule has 0 atom stereocenters. The van der Waals surface area contributed by atoms with Crippen LogP contribution in [0.25, 0.3) is 0 Å². The summed E-state index contributed by atoms with van der Waals surface area (Å²) in [6, 6.07) is 12.8. The third-order valence-corrected chi connectivity index (χ3v) is 4.48. The van der Waals surface area contributed by atoms with Gasteiger partial charge < -0.3 is 9.64 Å². The molecule has 0 aliphatic carbocycles. The van der Waals surface area contributed by atoms with Crippen molar-refractivity contribution in [2.75, 3.05) is 6.61 Å². The lowest BCUT2D eigenvalue weighted by Gasteiger charge is -2.30. The summed E-state index contributed by atoms with van der Waals surface area (Å²) in [5.41, 5.74) is 0.745. The second kappa shape index (κ2) is 9.51. The van der Waals surface area contributed by atoms with Crippen molar-refractivity contribution >= 4 is 29.3 Å². The van der Waals surface area contributed by atoms with E-state index in [2.05, 4.69) is 0 Å². The first-order chi connectivity index (χ1) is 13.2. The van der Waals surface area contributed by atoms with Gasteiger partial charge in [0.25, 0.3) is 5.91 Å². The van der Waals surface area contributed by atoms with Gasteiger partial charge in [-0.15, -0.1) is 0 Å². The van der Waals surface area contributed by atoms with Crippen molar-refractivity contribution in [1.82, 2.24) is 4.90 Å². The fraction of sp³-hybridized carbons (Fsp3) is 0.318. The zero-order valence-corrected chi connectivity index (χ0v) is 17.2. The summed E-state index contributed by atoms with van der Waals surface area (Å²) in [6.07, 6.45) is 0. The van der Waals surface area contributed by atoms with Gasteiger partial charge in [0.15, 0.2) is 12.4 Å². The highest BCUT2D eigenvalue weighted by molar-refractivity contribution is 6.30. The maximum absolute atomic E-state index is 12.8. The molecule has 2 rings (SSSR count). The van der Waals surface area contributed by atoms with Crippen LogP contribution in [0.4, 0.5) is 0 Å². The van der Waals surface area contributed by atoms with Crippen LogP contribution in [0.15, 0.2) is 48.5 Å². The van der Waals surface area contributed by atoms with Crippen LogP contribution in [0, 0.1) is 0 Å². The molecule has 28 heavy (non-hydrogen) atoms. The van der Waals surface area contributed by atoms with E-state index in [1.54, 1.807) is 47.4 Å². The Hall–Kier alpha value is -2.66. The predicted octanol–water partition coefficient (Wildman–Crippen LogP) is 4.37. The number of amides is 1. The van der Waals surface area contributed by atoms with Gasteiger partial charge in [-0.25, -0.2) is 4.79 Å². The standard InChI is InChI=1S/C22H24ClNO4/c1-14(2)24(15(3)4)20(25)13-28-22(27)19-8-6-5-7-18(19)21(26)16-9-11-17(23)12-10-16/h5-12,14-15H,13H2,1-4H3. The van der Waals surface area contributed by atoms with Crippen molar-refractivity contribution in [2.45, 2.75) is 39.8 Å². The summed E-state index contributed by atoms with van der Waals surface area (Å²) < 4.78 is 5.21. The molecule has 0 aliphatic rings. The van der Waals surface area contributed by atoms with Crippen LogP contribution in [-0.2, 0) is 9.53 Å². The van der Waals surface area contributed by atoms with Crippen molar-refractivity contribution in [1.29, 1.82) is 0 Å². The van der Waals surface area contributed by atoms with Crippen LogP contribution in [0.3, 0.4) is 0 Å². The zero-order chi connectivity index (χ0) is 20.8. The molecule has 2 aromatic carbocycles. The third kappa shape index (κ3) is 5.20. The van der Waals surface area contributed by atoms with E-state index in [-0.39, 0.29) is 41.5 Å². The molecule has 0 radical (unpaired) electrons. The lowest BCUT2D eigenvalue weighted by Crippen LogP contribution is -2.44. The molecule has 0 heterocycles. The molecule has 0 spiro atoms. The van der Waals surface area contributed by atoms with Crippen LogP contribution >= 0.6 is 11.6 Å². The van der Waals surface area contributed by atoms with E-state index in [9.17, 15) is 14.4 Å². The topological polar surface area (TPSA) is 63.7 Å². The molecule has 2 aromatic rings. The quantitative estimate of drug-likeness (QED) is 0.510. The zero-order valence-electron chi connectivity index (χ0n) is 16.4. The van der Waals surface area contributed by atoms with Gasteiger partial charge in [-0.05, 0) is 58.0 Å². The van der Waals surface area contributed by atoms with E-state index in [4.69, 9.17) is 16.3 Å². The number of esters is 1. The highest BCUT2D eigenvalue weighted by Gasteiger charge is 2.23. The first-order valence-electron chi connectivity index (χ1n) is 9.10. The normalized spacial score (nSPS) is 10.8. The summed E-state index contributed by atoms with van der Waals surface area (Å²) in [6.45, 7) is 7.23. The van der Waals surface area contributed by atoms with Crippen LogP contribution in [-0.4, -0.2) is 41.3 Å². The Morgan fingerprint density at radius 1 is 0.893 bits per heavy atom. The number of ether oxygens (including phenoxy) is 1. The Morgan fingerprint density at radius 2 is 1.43 bits per heavy atom. The third-order valence-electron chi connectivity index (χ3n) is 4.23. The monoisotopic (exact) mass is 401 g/mol. The molecule has 0 saturated carbocycles. The predicted molar refractivity (Wildman–Crippen MR) is 109 cm³/mol. The van der Waals surface area contributed by atoms with Gasteiger partial charge >= 0.3 is 5.97 Å². The molecular formula is C22H24ClNO4. The number of halogens is 1. The maximum Gasteiger partial charge on any atom is 0.339 e. The van der Waals surface area contributed by atoms with E-state index >= 15 is 0 Å². The smallest absolute Gasteiger partial charge is 0.339 e. The van der Waals surface area contributed by atoms with Crippen LogP contribution in [0.5, 0.6) is 0 Å². The first-order valence-corrected chi connectivity index (χ1v) is 9.47. The van der Waals surface area contributed by atoms with Crippen molar-refractivity contribution in [3.63, 3.8) is 0 Å². The van der Waals surface area contributed by atoms with Crippen LogP contribution in [0.1, 0.15) is 54.0 Å². The largest absolute Gasteiger partial charge is 0.452 e. The molecule has 0 unspecified atom stereocenters. The van der Waals surface area contributed by atoms with Gasteiger partial charge in [-0.3, -0.25) is 9.59 Å². The summed E-state index contributed by atoms with van der Waals surface area (Å²) in [5.74, 6) is -1.31. The van der Waals surface area contributed by atoms with E-state index in [1.807, 2.05) is 27.7 Å². The molecule has 0 bridgehead atoms. The Balaban J connectivity index is 2.17. The Bertz CT molecular complexity index is 851. The molecule has 0 aliphatic heterocycles. The summed E-state index contributed by atoms with van der Waals surface area (Å²) in [5, 5.41) is 0.516. The number of carbonyl (C=O) groups is 3. The summed E-state index contributed by atoms with van der Waals surface area (Å²) in [4.78, 5) is 39.4. The minimum absolute atomic E-state index is 0.00929. The lowest BCUT2D eigenvalue weighted by atomic mass is 9.98. The fourth-order valence-corrected chi connectivity index (χ4v) is 3.19. The average molecular weight is 402 g/mol. The van der Waals surface area contributed by atoms with Gasteiger partial charge in [-0.2, -0.15) is 0 Å². The number of rotatable bonds is 7. The van der Waals surface area contributed by atoms with E-state index in [1.165, 1.54) is 6.07 Å². The Morgan fingerprint density at radius 3 is 1.96 bits per heavy atom.